The summed E-state index contributed by atoms with van der Waals surface area (Å²) in [5.41, 5.74) is 5.48. The number of hydrogen-bond acceptors (Lipinski definition) is 4. The van der Waals surface area contributed by atoms with Gasteiger partial charge in [0.1, 0.15) is 11.9 Å². The zero-order valence-electron chi connectivity index (χ0n) is 8.04. The normalized spacial score (nSPS) is 10.1. The van der Waals surface area contributed by atoms with Gasteiger partial charge in [0.25, 0.3) is 0 Å². The Morgan fingerprint density at radius 2 is 2.27 bits per heavy atom. The van der Waals surface area contributed by atoms with E-state index in [4.69, 9.17) is 11.0 Å². The first-order valence-corrected chi connectivity index (χ1v) is 4.50. The predicted molar refractivity (Wildman–Crippen MR) is 53.6 cm³/mol. The van der Waals surface area contributed by atoms with E-state index in [-0.39, 0.29) is 0 Å². The number of rotatable bonds is 3. The number of aromatic nitrogens is 4. The molecule has 0 spiro atoms. The molecule has 0 atom stereocenters. The first kappa shape index (κ1) is 9.27. The Balaban J connectivity index is 2.02. The molecule has 0 radical (unpaired) electrons. The molecule has 0 aliphatic carbocycles. The van der Waals surface area contributed by atoms with Crippen LogP contribution in [0.25, 0.3) is 0 Å². The third-order valence-corrected chi connectivity index (χ3v) is 2.05. The molecular weight excluding hydrogens is 192 g/mol. The second-order valence-electron chi connectivity index (χ2n) is 3.06. The van der Waals surface area contributed by atoms with Crippen molar-refractivity contribution in [2.24, 2.45) is 0 Å². The van der Waals surface area contributed by atoms with Gasteiger partial charge in [-0.25, -0.2) is 4.98 Å². The Labute approximate surface area is 86.6 Å². The van der Waals surface area contributed by atoms with Crippen molar-refractivity contribution in [3.8, 4) is 6.07 Å². The van der Waals surface area contributed by atoms with Gasteiger partial charge in [0.05, 0.1) is 6.54 Å². The minimum atomic E-state index is 0.412. The molecule has 2 rings (SSSR count). The van der Waals surface area contributed by atoms with E-state index in [1.165, 1.54) is 0 Å². The van der Waals surface area contributed by atoms with Crippen molar-refractivity contribution < 1.29 is 0 Å². The van der Waals surface area contributed by atoms with Crippen LogP contribution >= 0.6 is 0 Å². The average molecular weight is 202 g/mol. The third kappa shape index (κ3) is 1.96. The number of nitrogens with two attached hydrogens (primary N) is 1. The lowest BCUT2D eigenvalue weighted by Gasteiger charge is -2.03. The van der Waals surface area contributed by atoms with Crippen molar-refractivity contribution in [2.75, 3.05) is 5.73 Å². The van der Waals surface area contributed by atoms with Crippen molar-refractivity contribution >= 4 is 5.82 Å². The lowest BCUT2D eigenvalue weighted by atomic mass is 10.5. The van der Waals surface area contributed by atoms with Crippen LogP contribution in [-0.2, 0) is 13.1 Å². The van der Waals surface area contributed by atoms with Crippen LogP contribution in [0.15, 0.2) is 24.7 Å². The number of imidazole rings is 1. The molecular formula is C9H10N6. The number of nitrogens with zero attached hydrogens (tertiary/aromatic N) is 5. The summed E-state index contributed by atoms with van der Waals surface area (Å²) in [6, 6.07) is 3.75. The minimum absolute atomic E-state index is 0.412. The maximum atomic E-state index is 8.73. The lowest BCUT2D eigenvalue weighted by Crippen LogP contribution is -2.09. The molecule has 0 saturated carbocycles. The van der Waals surface area contributed by atoms with Gasteiger partial charge in [-0.3, -0.25) is 4.68 Å². The highest BCUT2D eigenvalue weighted by Gasteiger charge is 2.01. The molecule has 2 N–H and O–H groups in total. The molecule has 6 heteroatoms. The summed E-state index contributed by atoms with van der Waals surface area (Å²) in [5.74, 6) is 0.913. The van der Waals surface area contributed by atoms with Gasteiger partial charge >= 0.3 is 0 Å². The summed E-state index contributed by atoms with van der Waals surface area (Å²) in [6.07, 6.45) is 5.18. The molecule has 0 unspecified atom stereocenters. The van der Waals surface area contributed by atoms with E-state index < -0.39 is 0 Å². The molecule has 15 heavy (non-hydrogen) atoms. The summed E-state index contributed by atoms with van der Waals surface area (Å²) >= 11 is 0. The van der Waals surface area contributed by atoms with Crippen LogP contribution in [0.2, 0.25) is 0 Å². The first-order chi connectivity index (χ1) is 7.29. The second-order valence-corrected chi connectivity index (χ2v) is 3.06. The van der Waals surface area contributed by atoms with Gasteiger partial charge in [-0.1, -0.05) is 0 Å². The molecule has 2 heterocycles. The summed E-state index contributed by atoms with van der Waals surface area (Å²) in [6.45, 7) is 1.33. The van der Waals surface area contributed by atoms with Crippen LogP contribution in [0.4, 0.5) is 5.82 Å². The molecule has 6 nitrogen and oxygen atoms in total. The number of aryl methyl sites for hydroxylation is 2. The fraction of sp³-hybridized carbons (Fsp3) is 0.222. The van der Waals surface area contributed by atoms with Gasteiger partial charge in [0.15, 0.2) is 0 Å². The maximum Gasteiger partial charge on any atom is 0.212 e. The van der Waals surface area contributed by atoms with E-state index in [2.05, 4.69) is 10.1 Å². The summed E-state index contributed by atoms with van der Waals surface area (Å²) in [7, 11) is 0. The Hall–Kier alpha value is -2.29. The maximum absolute atomic E-state index is 8.73. The van der Waals surface area contributed by atoms with Crippen molar-refractivity contribution in [1.82, 2.24) is 19.3 Å². The Morgan fingerprint density at radius 1 is 1.40 bits per heavy atom. The van der Waals surface area contributed by atoms with Gasteiger partial charge in [-0.15, -0.1) is 0 Å². The highest BCUT2D eigenvalue weighted by molar-refractivity contribution is 5.23. The van der Waals surface area contributed by atoms with E-state index in [9.17, 15) is 0 Å². The van der Waals surface area contributed by atoms with E-state index in [1.807, 2.05) is 6.07 Å². The minimum Gasteiger partial charge on any atom is -0.382 e. The highest BCUT2D eigenvalue weighted by Crippen LogP contribution is 1.99. The van der Waals surface area contributed by atoms with Crippen molar-refractivity contribution in [1.29, 1.82) is 5.26 Å². The monoisotopic (exact) mass is 202 g/mol. The van der Waals surface area contributed by atoms with Crippen LogP contribution in [0.5, 0.6) is 0 Å². The molecule has 0 aromatic carbocycles. The van der Waals surface area contributed by atoms with Gasteiger partial charge in [-0.2, -0.15) is 10.4 Å². The zero-order valence-corrected chi connectivity index (χ0v) is 8.04. The second kappa shape index (κ2) is 3.84. The Kier molecular flexibility index (Phi) is 2.37. The Bertz CT molecular complexity index is 489. The summed E-state index contributed by atoms with van der Waals surface area (Å²) < 4.78 is 3.51. The van der Waals surface area contributed by atoms with Gasteiger partial charge in [0.2, 0.25) is 5.82 Å². The smallest absolute Gasteiger partial charge is 0.212 e. The number of anilines is 1. The van der Waals surface area contributed by atoms with Gasteiger partial charge < -0.3 is 10.3 Å². The summed E-state index contributed by atoms with van der Waals surface area (Å²) in [5, 5.41) is 12.8. The van der Waals surface area contributed by atoms with Gasteiger partial charge in [-0.05, 0) is 6.07 Å². The van der Waals surface area contributed by atoms with Crippen LogP contribution < -0.4 is 5.73 Å². The fourth-order valence-electron chi connectivity index (χ4n) is 1.31. The lowest BCUT2D eigenvalue weighted by molar-refractivity contribution is 0.531. The number of nitrogen functional groups attached to an aromatic ring is 1. The van der Waals surface area contributed by atoms with Crippen molar-refractivity contribution in [2.45, 2.75) is 13.1 Å². The average Bonchev–Trinajstić information content (AvgIpc) is 2.83. The molecule has 0 fully saturated rings. The van der Waals surface area contributed by atoms with Crippen molar-refractivity contribution in [3.05, 3.63) is 30.5 Å². The topological polar surface area (TPSA) is 85.5 Å². The van der Waals surface area contributed by atoms with Gasteiger partial charge in [0, 0.05) is 25.1 Å². The molecule has 0 bridgehead atoms. The quantitative estimate of drug-likeness (QED) is 0.772. The molecule has 76 valence electrons. The first-order valence-electron chi connectivity index (χ1n) is 4.50. The molecule has 0 aliphatic heterocycles. The molecule has 0 aliphatic rings. The summed E-state index contributed by atoms with van der Waals surface area (Å²) in [4.78, 5) is 3.90. The number of hydrogen-bond donors (Lipinski definition) is 1. The predicted octanol–water partition coefficient (Wildman–Crippen LogP) is 0.234. The van der Waals surface area contributed by atoms with E-state index in [0.29, 0.717) is 24.7 Å². The zero-order chi connectivity index (χ0) is 10.7. The SMILES string of the molecule is N#Cc1nccn1CCn1ccc(N)n1. The highest BCUT2D eigenvalue weighted by atomic mass is 15.3. The number of nitriles is 1. The fourth-order valence-corrected chi connectivity index (χ4v) is 1.31. The third-order valence-electron chi connectivity index (χ3n) is 2.05. The van der Waals surface area contributed by atoms with Crippen molar-refractivity contribution in [3.63, 3.8) is 0 Å². The molecule has 0 amide bonds. The van der Waals surface area contributed by atoms with E-state index >= 15 is 0 Å². The molecule has 2 aromatic rings. The molecule has 2 aromatic heterocycles. The largest absolute Gasteiger partial charge is 0.382 e. The Morgan fingerprint density at radius 3 is 2.93 bits per heavy atom. The van der Waals surface area contributed by atoms with E-state index in [0.717, 1.165) is 0 Å². The van der Waals surface area contributed by atoms with E-state index in [1.54, 1.807) is 33.9 Å². The van der Waals surface area contributed by atoms with Crippen LogP contribution in [0.1, 0.15) is 5.82 Å². The standard InChI is InChI=1S/C9H10N6/c10-7-9-12-2-4-14(9)5-6-15-3-1-8(11)13-15/h1-4H,5-6H2,(H2,11,13). The van der Waals surface area contributed by atoms with Crippen LogP contribution in [-0.4, -0.2) is 19.3 Å². The van der Waals surface area contributed by atoms with Crippen LogP contribution in [0.3, 0.4) is 0 Å². The van der Waals surface area contributed by atoms with Crippen LogP contribution in [0, 0.1) is 11.3 Å². The molecule has 0 saturated heterocycles.